The van der Waals surface area contributed by atoms with Crippen LogP contribution in [-0.2, 0) is 11.3 Å². The predicted molar refractivity (Wildman–Crippen MR) is 95.4 cm³/mol. The van der Waals surface area contributed by atoms with Crippen LogP contribution in [-0.4, -0.2) is 60.6 Å². The van der Waals surface area contributed by atoms with Crippen LogP contribution in [0.4, 0.5) is 0 Å². The van der Waals surface area contributed by atoms with E-state index in [0.29, 0.717) is 0 Å². The van der Waals surface area contributed by atoms with E-state index in [1.54, 1.807) is 0 Å². The minimum atomic E-state index is 0. The second kappa shape index (κ2) is 10.1. The van der Waals surface area contributed by atoms with Gasteiger partial charge in [-0.05, 0) is 20.9 Å². The van der Waals surface area contributed by atoms with Gasteiger partial charge in [-0.25, -0.2) is 0 Å². The third-order valence-electron chi connectivity index (χ3n) is 4.18. The Bertz CT molecular complexity index is 468. The number of carbonyl (C=O) groups is 1. The summed E-state index contributed by atoms with van der Waals surface area (Å²) in [6.45, 7) is 10.9. The van der Waals surface area contributed by atoms with E-state index in [0.717, 1.165) is 50.7 Å². The third kappa shape index (κ3) is 5.64. The molecule has 1 unspecified atom stereocenters. The Morgan fingerprint density at radius 2 is 1.87 bits per heavy atom. The van der Waals surface area contributed by atoms with Gasteiger partial charge in [-0.15, -0.1) is 24.8 Å². The number of rotatable bonds is 5. The minimum absolute atomic E-state index is 0. The molecule has 1 N–H and O–H groups in total. The zero-order chi connectivity index (χ0) is 15.4. The molecule has 1 atom stereocenters. The van der Waals surface area contributed by atoms with Gasteiger partial charge in [0.1, 0.15) is 5.76 Å². The quantitative estimate of drug-likeness (QED) is 0.857. The number of aryl methyl sites for hydroxylation is 2. The maximum atomic E-state index is 12.3. The number of piperazine rings is 1. The summed E-state index contributed by atoms with van der Waals surface area (Å²) in [4.78, 5) is 16.6. The molecule has 1 aromatic rings. The number of amides is 1. The van der Waals surface area contributed by atoms with Gasteiger partial charge in [0, 0.05) is 50.7 Å². The number of hydrogen-bond donors (Lipinski definition) is 1. The Balaban J connectivity index is 0.00000242. The van der Waals surface area contributed by atoms with E-state index >= 15 is 0 Å². The van der Waals surface area contributed by atoms with Crippen molar-refractivity contribution in [2.75, 3.05) is 39.8 Å². The lowest BCUT2D eigenvalue weighted by Crippen LogP contribution is -2.50. The van der Waals surface area contributed by atoms with E-state index in [1.807, 2.05) is 32.7 Å². The van der Waals surface area contributed by atoms with Gasteiger partial charge in [-0.2, -0.15) is 0 Å². The van der Waals surface area contributed by atoms with Crippen molar-refractivity contribution in [3.8, 4) is 0 Å². The van der Waals surface area contributed by atoms with Crippen LogP contribution in [0.3, 0.4) is 0 Å². The van der Waals surface area contributed by atoms with Crippen molar-refractivity contribution < 1.29 is 9.32 Å². The van der Waals surface area contributed by atoms with Gasteiger partial charge in [-0.3, -0.25) is 9.69 Å². The van der Waals surface area contributed by atoms with Crippen LogP contribution < -0.4 is 5.32 Å². The zero-order valence-corrected chi connectivity index (χ0v) is 15.9. The first-order valence-electron chi connectivity index (χ1n) is 7.60. The highest BCUT2D eigenvalue weighted by Gasteiger charge is 2.25. The summed E-state index contributed by atoms with van der Waals surface area (Å²) in [5.74, 6) is 1.19. The Morgan fingerprint density at radius 3 is 2.35 bits per heavy atom. The standard InChI is InChI=1S/C15H26N4O2.2ClH/c1-11(9-16-4)15(20)19-7-5-18(6-8-19)10-14-12(2)17-21-13(14)3;;/h11,16H,5-10H2,1-4H3;2*1H. The Labute approximate surface area is 150 Å². The molecule has 1 aliphatic rings. The van der Waals surface area contributed by atoms with Gasteiger partial charge in [0.05, 0.1) is 5.69 Å². The van der Waals surface area contributed by atoms with Crippen molar-refractivity contribution >= 4 is 30.7 Å². The third-order valence-corrected chi connectivity index (χ3v) is 4.18. The van der Waals surface area contributed by atoms with Crippen molar-refractivity contribution in [1.29, 1.82) is 0 Å². The van der Waals surface area contributed by atoms with Crippen LogP contribution in [0.2, 0.25) is 0 Å². The second-order valence-corrected chi connectivity index (χ2v) is 5.86. The molecule has 0 aromatic carbocycles. The zero-order valence-electron chi connectivity index (χ0n) is 14.3. The fraction of sp³-hybridized carbons (Fsp3) is 0.733. The molecule has 1 aromatic heterocycles. The monoisotopic (exact) mass is 366 g/mol. The summed E-state index contributed by atoms with van der Waals surface area (Å²) in [6, 6.07) is 0. The number of nitrogens with zero attached hydrogens (tertiary/aromatic N) is 3. The maximum Gasteiger partial charge on any atom is 0.226 e. The number of nitrogens with one attached hydrogen (secondary N) is 1. The van der Waals surface area contributed by atoms with Crippen LogP contribution >= 0.6 is 24.8 Å². The topological polar surface area (TPSA) is 61.6 Å². The Morgan fingerprint density at radius 1 is 1.26 bits per heavy atom. The minimum Gasteiger partial charge on any atom is -0.361 e. The smallest absolute Gasteiger partial charge is 0.226 e. The van der Waals surface area contributed by atoms with E-state index in [-0.39, 0.29) is 36.6 Å². The lowest BCUT2D eigenvalue weighted by atomic mass is 10.1. The van der Waals surface area contributed by atoms with Gasteiger partial charge in [-0.1, -0.05) is 12.1 Å². The molecule has 1 aliphatic heterocycles. The van der Waals surface area contributed by atoms with Gasteiger partial charge in [0.25, 0.3) is 0 Å². The van der Waals surface area contributed by atoms with Crippen molar-refractivity contribution in [1.82, 2.24) is 20.3 Å². The van der Waals surface area contributed by atoms with Crippen LogP contribution in [0.5, 0.6) is 0 Å². The molecule has 134 valence electrons. The molecule has 1 amide bonds. The summed E-state index contributed by atoms with van der Waals surface area (Å²) in [5.41, 5.74) is 2.15. The van der Waals surface area contributed by atoms with Gasteiger partial charge in [0.15, 0.2) is 0 Å². The molecule has 2 rings (SSSR count). The summed E-state index contributed by atoms with van der Waals surface area (Å²) in [6.07, 6.45) is 0. The van der Waals surface area contributed by atoms with Crippen molar-refractivity contribution in [3.63, 3.8) is 0 Å². The van der Waals surface area contributed by atoms with Crippen LogP contribution in [0.1, 0.15) is 23.9 Å². The highest BCUT2D eigenvalue weighted by molar-refractivity contribution is 5.85. The molecular weight excluding hydrogens is 339 g/mol. The van der Waals surface area contributed by atoms with E-state index in [1.165, 1.54) is 5.56 Å². The summed E-state index contributed by atoms with van der Waals surface area (Å²) >= 11 is 0. The summed E-state index contributed by atoms with van der Waals surface area (Å²) < 4.78 is 5.21. The molecule has 8 heteroatoms. The fourth-order valence-corrected chi connectivity index (χ4v) is 2.78. The summed E-state index contributed by atoms with van der Waals surface area (Å²) in [7, 11) is 1.88. The molecule has 1 saturated heterocycles. The van der Waals surface area contributed by atoms with E-state index in [2.05, 4.69) is 15.4 Å². The predicted octanol–water partition coefficient (Wildman–Crippen LogP) is 1.63. The van der Waals surface area contributed by atoms with Crippen molar-refractivity contribution in [2.45, 2.75) is 27.3 Å². The molecular formula is C15H28Cl2N4O2. The molecule has 0 bridgehead atoms. The van der Waals surface area contributed by atoms with Crippen molar-refractivity contribution in [3.05, 3.63) is 17.0 Å². The lowest BCUT2D eigenvalue weighted by Gasteiger charge is -2.36. The first-order chi connectivity index (χ1) is 10.0. The highest BCUT2D eigenvalue weighted by Crippen LogP contribution is 2.16. The van der Waals surface area contributed by atoms with Gasteiger partial charge >= 0.3 is 0 Å². The second-order valence-electron chi connectivity index (χ2n) is 5.86. The van der Waals surface area contributed by atoms with Gasteiger partial charge < -0.3 is 14.7 Å². The first kappa shape index (κ1) is 22.2. The lowest BCUT2D eigenvalue weighted by molar-refractivity contribution is -0.136. The number of hydrogen-bond acceptors (Lipinski definition) is 5. The van der Waals surface area contributed by atoms with E-state index in [4.69, 9.17) is 4.52 Å². The molecule has 0 radical (unpaired) electrons. The van der Waals surface area contributed by atoms with Crippen LogP contribution in [0.15, 0.2) is 4.52 Å². The SMILES string of the molecule is CNCC(C)C(=O)N1CCN(Cc2c(C)noc2C)CC1.Cl.Cl. The molecule has 0 aliphatic carbocycles. The fourth-order valence-electron chi connectivity index (χ4n) is 2.78. The Kier molecular flexibility index (Phi) is 9.77. The maximum absolute atomic E-state index is 12.3. The molecule has 1 fully saturated rings. The molecule has 2 heterocycles. The normalized spacial score (nSPS) is 16.4. The van der Waals surface area contributed by atoms with E-state index < -0.39 is 0 Å². The Hall–Kier alpha value is -0.820. The number of halogens is 2. The van der Waals surface area contributed by atoms with Crippen LogP contribution in [0, 0.1) is 19.8 Å². The number of aromatic nitrogens is 1. The highest BCUT2D eigenvalue weighted by atomic mass is 35.5. The van der Waals surface area contributed by atoms with Crippen LogP contribution in [0.25, 0.3) is 0 Å². The molecule has 6 nitrogen and oxygen atoms in total. The average Bonchev–Trinajstić information content (AvgIpc) is 2.79. The molecule has 0 saturated carbocycles. The largest absolute Gasteiger partial charge is 0.361 e. The summed E-state index contributed by atoms with van der Waals surface area (Å²) in [5, 5.41) is 7.06. The van der Waals surface area contributed by atoms with Gasteiger partial charge in [0.2, 0.25) is 5.91 Å². The van der Waals surface area contributed by atoms with E-state index in [9.17, 15) is 4.79 Å². The molecule has 23 heavy (non-hydrogen) atoms. The molecule has 0 spiro atoms. The average molecular weight is 367 g/mol. The van der Waals surface area contributed by atoms with Crippen molar-refractivity contribution in [2.24, 2.45) is 5.92 Å². The number of carbonyl (C=O) groups excluding carboxylic acids is 1. The first-order valence-corrected chi connectivity index (χ1v) is 7.60.